The molecular formula is C18H28N8O. The number of aromatic nitrogens is 4. The molecule has 1 unspecified atom stereocenters. The van der Waals surface area contributed by atoms with Crippen LogP contribution in [0.2, 0.25) is 0 Å². The minimum atomic E-state index is 0.335. The molecule has 1 spiro atoms. The van der Waals surface area contributed by atoms with E-state index in [9.17, 15) is 0 Å². The third kappa shape index (κ3) is 3.69. The van der Waals surface area contributed by atoms with Crippen LogP contribution in [0, 0.1) is 5.41 Å². The van der Waals surface area contributed by atoms with Crippen LogP contribution in [0.1, 0.15) is 19.8 Å². The average Bonchev–Trinajstić information content (AvgIpc) is 3.40. The average molecular weight is 372 g/mol. The zero-order chi connectivity index (χ0) is 18.7. The van der Waals surface area contributed by atoms with E-state index >= 15 is 0 Å². The van der Waals surface area contributed by atoms with E-state index in [1.807, 2.05) is 7.05 Å². The number of hydrogen-bond acceptors (Lipinski definition) is 6. The van der Waals surface area contributed by atoms with E-state index in [4.69, 9.17) is 9.73 Å². The minimum Gasteiger partial charge on any atom is -0.381 e. The fourth-order valence-corrected chi connectivity index (χ4v) is 3.95. The normalized spacial score (nSPS) is 22.9. The molecule has 4 rings (SSSR count). The Morgan fingerprint density at radius 1 is 1.37 bits per heavy atom. The van der Waals surface area contributed by atoms with Crippen LogP contribution in [0.3, 0.4) is 0 Å². The van der Waals surface area contributed by atoms with E-state index in [-0.39, 0.29) is 0 Å². The van der Waals surface area contributed by atoms with Crippen molar-refractivity contribution >= 4 is 22.8 Å². The smallest absolute Gasteiger partial charge is 0.193 e. The molecule has 1 atom stereocenters. The number of ether oxygens (including phenoxy) is 1. The molecule has 0 aromatic carbocycles. The molecule has 2 aliphatic rings. The predicted octanol–water partition coefficient (Wildman–Crippen LogP) is 0.853. The second-order valence-electron chi connectivity index (χ2n) is 7.36. The van der Waals surface area contributed by atoms with Crippen LogP contribution < -0.4 is 10.6 Å². The van der Waals surface area contributed by atoms with E-state index < -0.39 is 0 Å². The molecule has 0 saturated carbocycles. The Morgan fingerprint density at radius 3 is 3.11 bits per heavy atom. The fraction of sp³-hybridized carbons (Fsp3) is 0.667. The standard InChI is InChI=1S/C18H28N8O/c1-3-19-17(26-8-4-18(11-26)5-9-27-12-18)21-7-6-20-15-14-10-24-25(2)16(14)23-13-22-15/h10,13H,3-9,11-12H2,1-2H3,(H,19,21)(H,20,22,23). The Hall–Kier alpha value is -2.42. The third-order valence-electron chi connectivity index (χ3n) is 5.45. The Kier molecular flexibility index (Phi) is 5.11. The summed E-state index contributed by atoms with van der Waals surface area (Å²) in [5.41, 5.74) is 1.16. The van der Waals surface area contributed by atoms with Gasteiger partial charge in [-0.2, -0.15) is 5.10 Å². The summed E-state index contributed by atoms with van der Waals surface area (Å²) < 4.78 is 7.39. The first-order chi connectivity index (χ1) is 13.2. The van der Waals surface area contributed by atoms with E-state index in [2.05, 4.69) is 37.5 Å². The van der Waals surface area contributed by atoms with Crippen molar-refractivity contribution in [3.63, 3.8) is 0 Å². The largest absolute Gasteiger partial charge is 0.381 e. The molecule has 0 aliphatic carbocycles. The molecule has 2 aliphatic heterocycles. The molecule has 2 saturated heterocycles. The van der Waals surface area contributed by atoms with E-state index in [0.29, 0.717) is 18.5 Å². The molecule has 2 aromatic heterocycles. The van der Waals surface area contributed by atoms with E-state index in [1.54, 1.807) is 17.2 Å². The number of likely N-dealkylation sites (tertiary alicyclic amines) is 1. The lowest BCUT2D eigenvalue weighted by molar-refractivity contribution is 0.156. The van der Waals surface area contributed by atoms with Gasteiger partial charge in [-0.1, -0.05) is 0 Å². The van der Waals surface area contributed by atoms with Gasteiger partial charge in [-0.25, -0.2) is 9.97 Å². The first-order valence-electron chi connectivity index (χ1n) is 9.68. The molecule has 4 heterocycles. The number of nitrogens with one attached hydrogen (secondary N) is 2. The third-order valence-corrected chi connectivity index (χ3v) is 5.45. The lowest BCUT2D eigenvalue weighted by atomic mass is 9.87. The summed E-state index contributed by atoms with van der Waals surface area (Å²) in [5.74, 6) is 1.80. The van der Waals surface area contributed by atoms with Gasteiger partial charge in [0.2, 0.25) is 0 Å². The quantitative estimate of drug-likeness (QED) is 0.457. The van der Waals surface area contributed by atoms with Gasteiger partial charge < -0.3 is 20.3 Å². The van der Waals surface area contributed by atoms with Gasteiger partial charge in [0.15, 0.2) is 11.6 Å². The van der Waals surface area contributed by atoms with E-state index in [1.165, 1.54) is 12.8 Å². The summed E-state index contributed by atoms with van der Waals surface area (Å²) in [6.07, 6.45) is 5.71. The molecule has 9 heteroatoms. The number of anilines is 1. The maximum Gasteiger partial charge on any atom is 0.193 e. The Bertz CT molecular complexity index is 811. The van der Waals surface area contributed by atoms with Crippen molar-refractivity contribution in [1.29, 1.82) is 0 Å². The second-order valence-corrected chi connectivity index (χ2v) is 7.36. The summed E-state index contributed by atoms with van der Waals surface area (Å²) in [4.78, 5) is 15.8. The molecule has 2 aromatic rings. The SMILES string of the molecule is CCNC(=NCCNc1ncnc2c1cnn2C)N1CCC2(CCOC2)C1. The van der Waals surface area contributed by atoms with Crippen molar-refractivity contribution in [3.05, 3.63) is 12.5 Å². The highest BCUT2D eigenvalue weighted by Gasteiger charge is 2.42. The first-order valence-corrected chi connectivity index (χ1v) is 9.68. The molecule has 2 N–H and O–H groups in total. The van der Waals surface area contributed by atoms with Gasteiger partial charge in [0.05, 0.1) is 24.7 Å². The number of hydrogen-bond donors (Lipinski definition) is 2. The van der Waals surface area contributed by atoms with Crippen LogP contribution in [0.5, 0.6) is 0 Å². The molecular weight excluding hydrogens is 344 g/mol. The van der Waals surface area contributed by atoms with Gasteiger partial charge in [-0.15, -0.1) is 0 Å². The lowest BCUT2D eigenvalue weighted by Gasteiger charge is -2.25. The van der Waals surface area contributed by atoms with E-state index in [0.717, 1.165) is 55.7 Å². The van der Waals surface area contributed by atoms with Crippen LogP contribution in [0.25, 0.3) is 11.0 Å². The number of nitrogens with zero attached hydrogens (tertiary/aromatic N) is 6. The summed E-state index contributed by atoms with van der Waals surface area (Å²) in [6, 6.07) is 0. The second kappa shape index (κ2) is 7.67. The van der Waals surface area contributed by atoms with Gasteiger partial charge >= 0.3 is 0 Å². The number of aryl methyl sites for hydroxylation is 1. The first kappa shape index (κ1) is 18.0. The summed E-state index contributed by atoms with van der Waals surface area (Å²) in [7, 11) is 1.88. The molecule has 2 fully saturated rings. The molecule has 9 nitrogen and oxygen atoms in total. The Balaban J connectivity index is 1.36. The maximum absolute atomic E-state index is 5.64. The van der Waals surface area contributed by atoms with Gasteiger partial charge in [-0.05, 0) is 19.8 Å². The Morgan fingerprint density at radius 2 is 2.30 bits per heavy atom. The highest BCUT2D eigenvalue weighted by Crippen LogP contribution is 2.38. The zero-order valence-electron chi connectivity index (χ0n) is 16.1. The fourth-order valence-electron chi connectivity index (χ4n) is 3.95. The number of guanidine groups is 1. The van der Waals surface area contributed by atoms with Gasteiger partial charge in [0.1, 0.15) is 12.1 Å². The summed E-state index contributed by atoms with van der Waals surface area (Å²) in [6.45, 7) is 8.23. The van der Waals surface area contributed by atoms with Gasteiger partial charge in [0.25, 0.3) is 0 Å². The predicted molar refractivity (Wildman–Crippen MR) is 105 cm³/mol. The van der Waals surface area contributed by atoms with Crippen molar-refractivity contribution in [3.8, 4) is 0 Å². The Labute approximate surface area is 159 Å². The van der Waals surface area contributed by atoms with Crippen molar-refractivity contribution in [2.45, 2.75) is 19.8 Å². The van der Waals surface area contributed by atoms with Crippen LogP contribution in [-0.2, 0) is 11.8 Å². The van der Waals surface area contributed by atoms with Crippen LogP contribution in [-0.4, -0.2) is 76.5 Å². The molecule has 146 valence electrons. The number of aliphatic imine (C=N–C) groups is 1. The summed E-state index contributed by atoms with van der Waals surface area (Å²) >= 11 is 0. The number of rotatable bonds is 5. The highest BCUT2D eigenvalue weighted by atomic mass is 16.5. The zero-order valence-corrected chi connectivity index (χ0v) is 16.1. The van der Waals surface area contributed by atoms with Crippen LogP contribution >= 0.6 is 0 Å². The van der Waals surface area contributed by atoms with Gasteiger partial charge in [0, 0.05) is 45.2 Å². The van der Waals surface area contributed by atoms with Crippen molar-refractivity contribution in [2.24, 2.45) is 17.5 Å². The molecule has 0 radical (unpaired) electrons. The van der Waals surface area contributed by atoms with Crippen molar-refractivity contribution in [1.82, 2.24) is 30.0 Å². The lowest BCUT2D eigenvalue weighted by Crippen LogP contribution is -2.41. The summed E-state index contributed by atoms with van der Waals surface area (Å²) in [5, 5.41) is 12.0. The van der Waals surface area contributed by atoms with Crippen molar-refractivity contribution < 1.29 is 4.74 Å². The molecule has 0 amide bonds. The van der Waals surface area contributed by atoms with Crippen LogP contribution in [0.4, 0.5) is 5.82 Å². The van der Waals surface area contributed by atoms with Crippen LogP contribution in [0.15, 0.2) is 17.5 Å². The monoisotopic (exact) mass is 372 g/mol. The minimum absolute atomic E-state index is 0.335. The number of fused-ring (bicyclic) bond motifs is 1. The highest BCUT2D eigenvalue weighted by molar-refractivity contribution is 5.86. The molecule has 0 bridgehead atoms. The maximum atomic E-state index is 5.64. The topological polar surface area (TPSA) is 92.5 Å². The van der Waals surface area contributed by atoms with Crippen molar-refractivity contribution in [2.75, 3.05) is 51.3 Å². The molecule has 27 heavy (non-hydrogen) atoms. The van der Waals surface area contributed by atoms with Gasteiger partial charge in [-0.3, -0.25) is 9.67 Å².